The zero-order valence-electron chi connectivity index (χ0n) is 11.7. The van der Waals surface area contributed by atoms with Crippen LogP contribution in [-0.4, -0.2) is 33.4 Å². The molecule has 1 aliphatic rings. The Bertz CT molecular complexity index is 609. The largest absolute Gasteiger partial charge is 0.391 e. The van der Waals surface area contributed by atoms with Gasteiger partial charge in [-0.2, -0.15) is 5.10 Å². The van der Waals surface area contributed by atoms with Crippen molar-refractivity contribution in [2.45, 2.75) is 37.8 Å². The van der Waals surface area contributed by atoms with Gasteiger partial charge in [-0.25, -0.2) is 0 Å². The van der Waals surface area contributed by atoms with Crippen LogP contribution in [0.5, 0.6) is 0 Å². The van der Waals surface area contributed by atoms with Crippen molar-refractivity contribution in [3.8, 4) is 11.3 Å². The minimum atomic E-state index is -0.449. The Morgan fingerprint density at radius 2 is 2.00 bits per heavy atom. The predicted molar refractivity (Wildman–Crippen MR) is 79.8 cm³/mol. The van der Waals surface area contributed by atoms with Gasteiger partial charge in [0.2, 0.25) is 0 Å². The molecular formula is C16H19N3O2. The van der Waals surface area contributed by atoms with E-state index in [0.717, 1.165) is 31.2 Å². The fourth-order valence-corrected chi connectivity index (χ4v) is 2.81. The van der Waals surface area contributed by atoms with E-state index in [0.29, 0.717) is 11.3 Å². The Balaban J connectivity index is 1.78. The molecule has 1 aromatic carbocycles. The highest BCUT2D eigenvalue weighted by atomic mass is 16.3. The highest BCUT2D eigenvalue weighted by Crippen LogP contribution is 2.22. The number of aromatic amines is 1. The molecule has 2 aromatic rings. The Hall–Kier alpha value is -2.14. The van der Waals surface area contributed by atoms with Crippen molar-refractivity contribution < 1.29 is 9.90 Å². The van der Waals surface area contributed by atoms with Gasteiger partial charge in [-0.05, 0) is 12.8 Å². The molecule has 1 aromatic heterocycles. The number of benzene rings is 1. The molecule has 110 valence electrons. The first-order chi connectivity index (χ1) is 10.3. The van der Waals surface area contributed by atoms with Gasteiger partial charge in [0, 0.05) is 5.56 Å². The van der Waals surface area contributed by atoms with E-state index in [2.05, 4.69) is 15.5 Å². The van der Waals surface area contributed by atoms with Gasteiger partial charge in [0.05, 0.1) is 29.6 Å². The third kappa shape index (κ3) is 2.97. The van der Waals surface area contributed by atoms with E-state index in [-0.39, 0.29) is 11.9 Å². The fourth-order valence-electron chi connectivity index (χ4n) is 2.81. The van der Waals surface area contributed by atoms with Crippen LogP contribution in [0.1, 0.15) is 36.0 Å². The number of nitrogens with zero attached hydrogens (tertiary/aromatic N) is 1. The molecular weight excluding hydrogens is 266 g/mol. The molecule has 2 atom stereocenters. The van der Waals surface area contributed by atoms with Gasteiger partial charge in [-0.15, -0.1) is 0 Å². The van der Waals surface area contributed by atoms with Crippen LogP contribution in [0.25, 0.3) is 11.3 Å². The average Bonchev–Trinajstić information content (AvgIpc) is 3.00. The molecule has 5 nitrogen and oxygen atoms in total. The molecule has 0 bridgehead atoms. The normalized spacial score (nSPS) is 22.0. The molecule has 1 saturated carbocycles. The highest BCUT2D eigenvalue weighted by molar-refractivity contribution is 5.99. The predicted octanol–water partition coefficient (Wildman–Crippen LogP) is 2.11. The molecule has 5 heteroatoms. The van der Waals surface area contributed by atoms with Gasteiger partial charge < -0.3 is 10.4 Å². The van der Waals surface area contributed by atoms with Crippen LogP contribution in [0.4, 0.5) is 0 Å². The molecule has 3 rings (SSSR count). The quantitative estimate of drug-likeness (QED) is 0.808. The van der Waals surface area contributed by atoms with Crippen LogP contribution in [0.2, 0.25) is 0 Å². The SMILES string of the molecule is O=C(N[C@H]1CCCC[C@@H]1O)c1cn[nH]c1-c1ccccc1. The molecule has 1 fully saturated rings. The summed E-state index contributed by atoms with van der Waals surface area (Å²) >= 11 is 0. The number of aliphatic hydroxyl groups is 1. The summed E-state index contributed by atoms with van der Waals surface area (Å²) in [5.74, 6) is -0.187. The maximum atomic E-state index is 12.4. The number of amides is 1. The van der Waals surface area contributed by atoms with E-state index in [1.165, 1.54) is 6.20 Å². The van der Waals surface area contributed by atoms with E-state index in [1.807, 2.05) is 30.3 Å². The zero-order chi connectivity index (χ0) is 14.7. The number of rotatable bonds is 3. The van der Waals surface area contributed by atoms with Crippen molar-refractivity contribution in [3.05, 3.63) is 42.1 Å². The topological polar surface area (TPSA) is 78.0 Å². The van der Waals surface area contributed by atoms with Gasteiger partial charge in [0.15, 0.2) is 0 Å². The van der Waals surface area contributed by atoms with Gasteiger partial charge in [-0.3, -0.25) is 9.89 Å². The number of carbonyl (C=O) groups excluding carboxylic acids is 1. The number of carbonyl (C=O) groups is 1. The summed E-state index contributed by atoms with van der Waals surface area (Å²) in [4.78, 5) is 12.4. The summed E-state index contributed by atoms with van der Waals surface area (Å²) in [5, 5.41) is 19.8. The third-order valence-electron chi connectivity index (χ3n) is 3.99. The van der Waals surface area contributed by atoms with Gasteiger partial charge >= 0.3 is 0 Å². The molecule has 1 heterocycles. The second-order valence-electron chi connectivity index (χ2n) is 5.46. The minimum Gasteiger partial charge on any atom is -0.391 e. The second kappa shape index (κ2) is 6.10. The molecule has 21 heavy (non-hydrogen) atoms. The first-order valence-corrected chi connectivity index (χ1v) is 7.33. The fraction of sp³-hybridized carbons (Fsp3) is 0.375. The Morgan fingerprint density at radius 1 is 1.24 bits per heavy atom. The molecule has 1 aliphatic carbocycles. The average molecular weight is 285 g/mol. The molecule has 1 amide bonds. The van der Waals surface area contributed by atoms with Crippen LogP contribution >= 0.6 is 0 Å². The van der Waals surface area contributed by atoms with E-state index in [9.17, 15) is 9.90 Å². The van der Waals surface area contributed by atoms with Crippen LogP contribution in [0.15, 0.2) is 36.5 Å². The molecule has 0 aliphatic heterocycles. The lowest BCUT2D eigenvalue weighted by molar-refractivity contribution is 0.0718. The van der Waals surface area contributed by atoms with Crippen LogP contribution in [-0.2, 0) is 0 Å². The van der Waals surface area contributed by atoms with Crippen molar-refractivity contribution in [3.63, 3.8) is 0 Å². The van der Waals surface area contributed by atoms with Gasteiger partial charge in [0.1, 0.15) is 0 Å². The second-order valence-corrected chi connectivity index (χ2v) is 5.46. The van der Waals surface area contributed by atoms with Crippen molar-refractivity contribution in [2.75, 3.05) is 0 Å². The number of H-pyrrole nitrogens is 1. The summed E-state index contributed by atoms with van der Waals surface area (Å²) in [6, 6.07) is 9.47. The summed E-state index contributed by atoms with van der Waals surface area (Å²) in [6.45, 7) is 0. The lowest BCUT2D eigenvalue weighted by Crippen LogP contribution is -2.45. The maximum absolute atomic E-state index is 12.4. The number of aliphatic hydroxyl groups excluding tert-OH is 1. The monoisotopic (exact) mass is 285 g/mol. The highest BCUT2D eigenvalue weighted by Gasteiger charge is 2.26. The number of nitrogens with one attached hydrogen (secondary N) is 2. The Morgan fingerprint density at radius 3 is 2.76 bits per heavy atom. The molecule has 3 N–H and O–H groups in total. The number of hydrogen-bond donors (Lipinski definition) is 3. The summed E-state index contributed by atoms with van der Waals surface area (Å²) in [7, 11) is 0. The first kappa shape index (κ1) is 13.8. The van der Waals surface area contributed by atoms with Crippen molar-refractivity contribution in [1.29, 1.82) is 0 Å². The van der Waals surface area contributed by atoms with E-state index in [4.69, 9.17) is 0 Å². The smallest absolute Gasteiger partial charge is 0.255 e. The van der Waals surface area contributed by atoms with Gasteiger partial charge in [-0.1, -0.05) is 43.2 Å². The van der Waals surface area contributed by atoms with E-state index < -0.39 is 6.10 Å². The first-order valence-electron chi connectivity index (χ1n) is 7.33. The minimum absolute atomic E-state index is 0.162. The van der Waals surface area contributed by atoms with E-state index >= 15 is 0 Å². The van der Waals surface area contributed by atoms with Crippen molar-refractivity contribution in [1.82, 2.24) is 15.5 Å². The summed E-state index contributed by atoms with van der Waals surface area (Å²) < 4.78 is 0. The third-order valence-corrected chi connectivity index (χ3v) is 3.99. The Kier molecular flexibility index (Phi) is 4.01. The lowest BCUT2D eigenvalue weighted by Gasteiger charge is -2.28. The molecule has 0 unspecified atom stereocenters. The van der Waals surface area contributed by atoms with Crippen molar-refractivity contribution >= 4 is 5.91 Å². The van der Waals surface area contributed by atoms with Crippen molar-refractivity contribution in [2.24, 2.45) is 0 Å². The maximum Gasteiger partial charge on any atom is 0.255 e. The molecule has 0 radical (unpaired) electrons. The van der Waals surface area contributed by atoms with Crippen LogP contribution in [0, 0.1) is 0 Å². The number of hydrogen-bond acceptors (Lipinski definition) is 3. The zero-order valence-corrected chi connectivity index (χ0v) is 11.7. The summed E-state index contributed by atoms with van der Waals surface area (Å²) in [6.07, 6.45) is 4.72. The standard InChI is InChI=1S/C16H19N3O2/c20-14-9-5-4-8-13(14)18-16(21)12-10-17-19-15(12)11-6-2-1-3-7-11/h1-3,6-7,10,13-14,20H,4-5,8-9H2,(H,17,19)(H,18,21)/t13-,14-/m0/s1. The summed E-state index contributed by atoms with van der Waals surface area (Å²) in [5.41, 5.74) is 2.14. The molecule has 0 saturated heterocycles. The van der Waals surface area contributed by atoms with Gasteiger partial charge in [0.25, 0.3) is 5.91 Å². The van der Waals surface area contributed by atoms with Crippen LogP contribution < -0.4 is 5.32 Å². The molecule has 0 spiro atoms. The van der Waals surface area contributed by atoms with Crippen LogP contribution in [0.3, 0.4) is 0 Å². The number of aromatic nitrogens is 2. The lowest BCUT2D eigenvalue weighted by atomic mass is 9.92. The van der Waals surface area contributed by atoms with E-state index in [1.54, 1.807) is 0 Å². The Labute approximate surface area is 123 Å².